The van der Waals surface area contributed by atoms with Gasteiger partial charge >= 0.3 is 6.01 Å². The van der Waals surface area contributed by atoms with Crippen LogP contribution >= 0.6 is 23.2 Å². The molecule has 0 radical (unpaired) electrons. The number of pyridine rings is 1. The Morgan fingerprint density at radius 2 is 1.97 bits per heavy atom. The zero-order valence-corrected chi connectivity index (χ0v) is 19.1. The Hall–Kier alpha value is -0.943. The lowest BCUT2D eigenvalue weighted by atomic mass is 10.1. The molecule has 0 spiro atoms. The van der Waals surface area contributed by atoms with Gasteiger partial charge in [0, 0.05) is 14.7 Å². The van der Waals surface area contributed by atoms with Gasteiger partial charge in [-0.3, -0.25) is 4.57 Å². The van der Waals surface area contributed by atoms with E-state index in [1.54, 1.807) is 10.6 Å². The highest BCUT2D eigenvalue weighted by Crippen LogP contribution is 2.32. The summed E-state index contributed by atoms with van der Waals surface area (Å²) in [5.74, 6) is 0. The van der Waals surface area contributed by atoms with Gasteiger partial charge in [-0.2, -0.15) is 4.98 Å². The van der Waals surface area contributed by atoms with E-state index in [9.17, 15) is 5.11 Å². The van der Waals surface area contributed by atoms with E-state index in [-0.39, 0.29) is 36.8 Å². The summed E-state index contributed by atoms with van der Waals surface area (Å²) in [4.78, 5) is 8.89. The summed E-state index contributed by atoms with van der Waals surface area (Å²) in [5, 5.41) is 10.5. The lowest BCUT2D eigenvalue weighted by Gasteiger charge is -2.19. The molecule has 2 fully saturated rings. The predicted molar refractivity (Wildman–Crippen MR) is 112 cm³/mol. The Kier molecular flexibility index (Phi) is 6.09. The number of aromatic nitrogens is 3. The zero-order valence-electron chi connectivity index (χ0n) is 16.6. The molecule has 4 heterocycles. The van der Waals surface area contributed by atoms with Crippen molar-refractivity contribution in [3.63, 3.8) is 0 Å². The predicted octanol–water partition coefficient (Wildman–Crippen LogP) is 2.96. The molecular weight excluding hydrogens is 437 g/mol. The van der Waals surface area contributed by atoms with Crippen LogP contribution in [0.5, 0.6) is 6.01 Å². The maximum atomic E-state index is 9.94. The molecule has 29 heavy (non-hydrogen) atoms. The van der Waals surface area contributed by atoms with Gasteiger partial charge in [-0.25, -0.2) is 4.98 Å². The van der Waals surface area contributed by atoms with Crippen LogP contribution in [0.4, 0.5) is 0 Å². The van der Waals surface area contributed by atoms with Gasteiger partial charge < -0.3 is 24.1 Å². The van der Waals surface area contributed by atoms with Gasteiger partial charge in [0.1, 0.15) is 35.7 Å². The first kappa shape index (κ1) is 21.3. The summed E-state index contributed by atoms with van der Waals surface area (Å²) in [5.41, 5.74) is 1.09. The third kappa shape index (κ3) is 4.56. The first-order valence-corrected chi connectivity index (χ1v) is 14.1. The summed E-state index contributed by atoms with van der Waals surface area (Å²) < 4.78 is 25.0. The van der Waals surface area contributed by atoms with Crippen LogP contribution in [-0.2, 0) is 20.9 Å². The smallest absolute Gasteiger partial charge is 0.301 e. The molecule has 4 rings (SSSR count). The molecule has 11 heteroatoms. The highest BCUT2D eigenvalue weighted by molar-refractivity contribution is 6.76. The third-order valence-electron chi connectivity index (χ3n) is 5.05. The van der Waals surface area contributed by atoms with Crippen molar-refractivity contribution in [2.24, 2.45) is 0 Å². The van der Waals surface area contributed by atoms with Crippen molar-refractivity contribution in [1.29, 1.82) is 0 Å². The van der Waals surface area contributed by atoms with Gasteiger partial charge in [-0.15, -0.1) is 0 Å². The van der Waals surface area contributed by atoms with Crippen LogP contribution in [0.15, 0.2) is 6.07 Å². The number of fused-ring (bicyclic) bond motifs is 2. The van der Waals surface area contributed by atoms with Crippen LogP contribution in [0, 0.1) is 0 Å². The lowest BCUT2D eigenvalue weighted by Crippen LogP contribution is -2.35. The molecule has 0 aromatic carbocycles. The van der Waals surface area contributed by atoms with Crippen molar-refractivity contribution in [3.8, 4) is 6.01 Å². The first-order valence-electron chi connectivity index (χ1n) is 9.61. The highest BCUT2D eigenvalue weighted by atomic mass is 35.5. The normalized spacial score (nSPS) is 27.0. The summed E-state index contributed by atoms with van der Waals surface area (Å²) in [7, 11) is -1.21. The molecule has 0 aliphatic carbocycles. The van der Waals surface area contributed by atoms with Crippen LogP contribution in [-0.4, -0.2) is 72.0 Å². The third-order valence-corrected chi connectivity index (χ3v) is 7.43. The van der Waals surface area contributed by atoms with Crippen LogP contribution in [0.3, 0.4) is 0 Å². The fourth-order valence-electron chi connectivity index (χ4n) is 3.40. The van der Waals surface area contributed by atoms with Crippen molar-refractivity contribution < 1.29 is 24.1 Å². The second kappa shape index (κ2) is 8.30. The highest BCUT2D eigenvalue weighted by Gasteiger charge is 2.48. The molecule has 0 saturated carbocycles. The fourth-order valence-corrected chi connectivity index (χ4v) is 4.44. The average molecular weight is 462 g/mol. The van der Waals surface area contributed by atoms with E-state index in [2.05, 4.69) is 29.6 Å². The molecule has 2 aromatic rings. The Bertz CT molecular complexity index is 890. The van der Waals surface area contributed by atoms with Crippen LogP contribution in [0.2, 0.25) is 35.9 Å². The minimum atomic E-state index is -1.21. The molecule has 0 amide bonds. The molecule has 2 aliphatic rings. The van der Waals surface area contributed by atoms with Crippen molar-refractivity contribution in [2.45, 2.75) is 56.8 Å². The van der Waals surface area contributed by atoms with Gasteiger partial charge in [0.2, 0.25) is 0 Å². The standard InChI is InChI=1S/C18H25Cl2N3O5Si/c1-29(2,3)5-4-25-9-23-17-11(6-10(19)16(20)22-17)21-18(23)28-13-8-27-14-12(24)7-26-15(13)14/h6,12-15,24H,4-5,7-9H2,1-3H3/t12-,13?,14-,15-/m1/s1. The molecule has 4 atom stereocenters. The summed E-state index contributed by atoms with van der Waals surface area (Å²) >= 11 is 12.2. The van der Waals surface area contributed by atoms with Gasteiger partial charge in [0.25, 0.3) is 0 Å². The van der Waals surface area contributed by atoms with Crippen molar-refractivity contribution >= 4 is 42.4 Å². The minimum absolute atomic E-state index is 0.195. The van der Waals surface area contributed by atoms with E-state index in [0.29, 0.717) is 35.4 Å². The van der Waals surface area contributed by atoms with E-state index in [0.717, 1.165) is 6.04 Å². The maximum absolute atomic E-state index is 9.94. The Morgan fingerprint density at radius 1 is 1.21 bits per heavy atom. The molecule has 1 unspecified atom stereocenters. The number of rotatable bonds is 7. The van der Waals surface area contributed by atoms with E-state index >= 15 is 0 Å². The molecule has 2 aliphatic heterocycles. The second-order valence-electron chi connectivity index (χ2n) is 8.59. The van der Waals surface area contributed by atoms with Crippen molar-refractivity contribution in [1.82, 2.24) is 14.5 Å². The zero-order chi connectivity index (χ0) is 20.8. The molecule has 1 N–H and O–H groups in total. The number of hydrogen-bond donors (Lipinski definition) is 1. The van der Waals surface area contributed by atoms with E-state index in [1.165, 1.54) is 0 Å². The monoisotopic (exact) mass is 461 g/mol. The van der Waals surface area contributed by atoms with Gasteiger partial charge in [-0.1, -0.05) is 42.8 Å². The summed E-state index contributed by atoms with van der Waals surface area (Å²) in [6.45, 7) is 8.31. The number of halogens is 2. The average Bonchev–Trinajstić information content (AvgIpc) is 3.29. The number of ether oxygens (including phenoxy) is 4. The topological polar surface area (TPSA) is 87.9 Å². The summed E-state index contributed by atoms with van der Waals surface area (Å²) in [6.07, 6.45) is -1.75. The number of aliphatic hydroxyl groups excluding tert-OH is 1. The maximum Gasteiger partial charge on any atom is 0.301 e. The van der Waals surface area contributed by atoms with Crippen molar-refractivity contribution in [3.05, 3.63) is 16.2 Å². The van der Waals surface area contributed by atoms with E-state index in [1.807, 2.05) is 0 Å². The number of imidazole rings is 1. The van der Waals surface area contributed by atoms with Gasteiger partial charge in [-0.05, 0) is 12.1 Å². The van der Waals surface area contributed by atoms with Crippen LogP contribution in [0.25, 0.3) is 11.2 Å². The lowest BCUT2D eigenvalue weighted by molar-refractivity contribution is 0.00336. The Labute approximate surface area is 180 Å². The Morgan fingerprint density at radius 3 is 2.72 bits per heavy atom. The van der Waals surface area contributed by atoms with Gasteiger partial charge in [0.05, 0.1) is 18.2 Å². The molecule has 2 saturated heterocycles. The Balaban J connectivity index is 1.57. The molecule has 0 bridgehead atoms. The fraction of sp³-hybridized carbons (Fsp3) is 0.667. The van der Waals surface area contributed by atoms with Crippen LogP contribution < -0.4 is 4.74 Å². The quantitative estimate of drug-likeness (QED) is 0.385. The number of nitrogens with zero attached hydrogens (tertiary/aromatic N) is 3. The number of hydrogen-bond acceptors (Lipinski definition) is 7. The SMILES string of the molecule is C[Si](C)(C)CCOCn1c(OC2CO[C@@H]3[C@H](O)CO[C@H]23)nc2cc(Cl)c(Cl)nc21. The van der Waals surface area contributed by atoms with Crippen molar-refractivity contribution in [2.75, 3.05) is 19.8 Å². The van der Waals surface area contributed by atoms with E-state index in [4.69, 9.17) is 42.1 Å². The van der Waals surface area contributed by atoms with Crippen LogP contribution in [0.1, 0.15) is 0 Å². The molecule has 8 nitrogen and oxygen atoms in total. The second-order valence-corrected chi connectivity index (χ2v) is 15.0. The minimum Gasteiger partial charge on any atom is -0.456 e. The molecule has 2 aromatic heterocycles. The van der Waals surface area contributed by atoms with E-state index < -0.39 is 14.2 Å². The van der Waals surface area contributed by atoms with Gasteiger partial charge in [0.15, 0.2) is 11.8 Å². The first-order chi connectivity index (χ1) is 13.7. The largest absolute Gasteiger partial charge is 0.456 e. The molecular formula is C18H25Cl2N3O5Si. The molecule has 160 valence electrons. The number of aliphatic hydroxyl groups is 1. The summed E-state index contributed by atoms with van der Waals surface area (Å²) in [6, 6.07) is 3.03.